The number of rotatable bonds is 4. The second-order valence-corrected chi connectivity index (χ2v) is 6.71. The number of alkyl halides is 1. The molecule has 1 aromatic heterocycles. The lowest BCUT2D eigenvalue weighted by molar-refractivity contribution is 0.102. The number of ketones is 1. The molecule has 1 heterocycles. The highest BCUT2D eigenvalue weighted by molar-refractivity contribution is 6.32. The molecule has 0 aliphatic rings. The Morgan fingerprint density at radius 3 is 2.44 bits per heavy atom. The molecule has 0 saturated carbocycles. The molecule has 0 N–H and O–H groups in total. The van der Waals surface area contributed by atoms with Crippen molar-refractivity contribution < 1.29 is 4.79 Å². The van der Waals surface area contributed by atoms with Gasteiger partial charge in [0, 0.05) is 22.3 Å². The van der Waals surface area contributed by atoms with Crippen molar-refractivity contribution in [3.05, 3.63) is 64.8 Å². The first-order valence-electron chi connectivity index (χ1n) is 8.22. The molecule has 4 heteroatoms. The Hall–Kier alpha value is -2.57. The fourth-order valence-corrected chi connectivity index (χ4v) is 3.36. The zero-order valence-corrected chi connectivity index (χ0v) is 15.3. The van der Waals surface area contributed by atoms with E-state index in [4.69, 9.17) is 16.9 Å². The quantitative estimate of drug-likeness (QED) is 0.470. The first-order valence-corrected chi connectivity index (χ1v) is 8.76. The SMILES string of the molecule is Cc1c(C(=O)CCl)c2ccc(C(C)C)cc2n1-c1ccc(C#N)cc1. The largest absolute Gasteiger partial charge is 0.313 e. The standard InChI is InChI=1S/C21H19ClN2O/c1-13(2)16-6-9-18-19(10-16)24(14(3)21(18)20(25)11-22)17-7-4-15(12-23)5-8-17/h4-10,13H,11H2,1-3H3. The van der Waals surface area contributed by atoms with E-state index in [1.54, 1.807) is 12.1 Å². The van der Waals surface area contributed by atoms with E-state index in [0.29, 0.717) is 17.0 Å². The second kappa shape index (κ2) is 6.74. The number of carbonyl (C=O) groups is 1. The van der Waals surface area contributed by atoms with E-state index < -0.39 is 0 Å². The van der Waals surface area contributed by atoms with Crippen molar-refractivity contribution >= 4 is 28.3 Å². The molecule has 0 aliphatic heterocycles. The molecule has 0 saturated heterocycles. The molecule has 0 atom stereocenters. The van der Waals surface area contributed by atoms with Crippen LogP contribution in [0.2, 0.25) is 0 Å². The Bertz CT molecular complexity index is 991. The molecule has 3 aromatic rings. The van der Waals surface area contributed by atoms with Gasteiger partial charge >= 0.3 is 0 Å². The lowest BCUT2D eigenvalue weighted by Gasteiger charge is -2.11. The molecule has 0 spiro atoms. The van der Waals surface area contributed by atoms with Gasteiger partial charge in [-0.2, -0.15) is 5.26 Å². The molecule has 0 unspecified atom stereocenters. The van der Waals surface area contributed by atoms with E-state index in [-0.39, 0.29) is 11.7 Å². The summed E-state index contributed by atoms with van der Waals surface area (Å²) < 4.78 is 2.07. The van der Waals surface area contributed by atoms with E-state index in [1.807, 2.05) is 25.1 Å². The molecule has 0 amide bonds. The van der Waals surface area contributed by atoms with Crippen LogP contribution in [0.5, 0.6) is 0 Å². The number of hydrogen-bond donors (Lipinski definition) is 0. The summed E-state index contributed by atoms with van der Waals surface area (Å²) in [4.78, 5) is 12.4. The highest BCUT2D eigenvalue weighted by Gasteiger charge is 2.20. The van der Waals surface area contributed by atoms with E-state index >= 15 is 0 Å². The number of fused-ring (bicyclic) bond motifs is 1. The molecule has 3 rings (SSSR count). The van der Waals surface area contributed by atoms with Crippen molar-refractivity contribution in [1.29, 1.82) is 5.26 Å². The monoisotopic (exact) mass is 350 g/mol. The topological polar surface area (TPSA) is 45.8 Å². The molecule has 0 bridgehead atoms. The van der Waals surface area contributed by atoms with Gasteiger partial charge in [-0.1, -0.05) is 26.0 Å². The van der Waals surface area contributed by atoms with Crippen LogP contribution in [0.25, 0.3) is 16.6 Å². The van der Waals surface area contributed by atoms with Gasteiger partial charge in [-0.25, -0.2) is 0 Å². The number of halogens is 1. The van der Waals surface area contributed by atoms with Crippen molar-refractivity contribution in [2.45, 2.75) is 26.7 Å². The summed E-state index contributed by atoms with van der Waals surface area (Å²) in [5, 5.41) is 9.93. The average molecular weight is 351 g/mol. The lowest BCUT2D eigenvalue weighted by Crippen LogP contribution is -2.04. The molecule has 25 heavy (non-hydrogen) atoms. The van der Waals surface area contributed by atoms with Crippen LogP contribution in [0.4, 0.5) is 0 Å². The summed E-state index contributed by atoms with van der Waals surface area (Å²) in [6.45, 7) is 6.23. The lowest BCUT2D eigenvalue weighted by atomic mass is 10.00. The van der Waals surface area contributed by atoms with E-state index in [9.17, 15) is 4.79 Å². The van der Waals surface area contributed by atoms with Crippen LogP contribution in [0.3, 0.4) is 0 Å². The van der Waals surface area contributed by atoms with Crippen LogP contribution < -0.4 is 0 Å². The van der Waals surface area contributed by atoms with Crippen LogP contribution in [0.15, 0.2) is 42.5 Å². The van der Waals surface area contributed by atoms with Crippen molar-refractivity contribution in [3.63, 3.8) is 0 Å². The molecule has 0 aliphatic carbocycles. The smallest absolute Gasteiger partial charge is 0.180 e. The predicted molar refractivity (Wildman–Crippen MR) is 102 cm³/mol. The minimum absolute atomic E-state index is 0.0424. The highest BCUT2D eigenvalue weighted by atomic mass is 35.5. The van der Waals surface area contributed by atoms with Crippen LogP contribution in [0.1, 0.15) is 46.9 Å². The Kier molecular flexibility index (Phi) is 4.65. The van der Waals surface area contributed by atoms with Crippen LogP contribution in [-0.4, -0.2) is 16.2 Å². The number of nitriles is 1. The van der Waals surface area contributed by atoms with Crippen molar-refractivity contribution in [1.82, 2.24) is 4.57 Å². The third-order valence-corrected chi connectivity index (χ3v) is 4.79. The van der Waals surface area contributed by atoms with Gasteiger partial charge in [0.1, 0.15) is 0 Å². The molecule has 126 valence electrons. The van der Waals surface area contributed by atoms with Crippen molar-refractivity contribution in [2.75, 3.05) is 5.88 Å². The molecule has 0 fully saturated rings. The maximum atomic E-state index is 12.4. The van der Waals surface area contributed by atoms with E-state index in [2.05, 4.69) is 36.6 Å². The minimum Gasteiger partial charge on any atom is -0.313 e. The van der Waals surface area contributed by atoms with Crippen molar-refractivity contribution in [2.24, 2.45) is 0 Å². The molecule has 0 radical (unpaired) electrons. The van der Waals surface area contributed by atoms with Gasteiger partial charge in [0.15, 0.2) is 5.78 Å². The Balaban J connectivity index is 2.35. The summed E-state index contributed by atoms with van der Waals surface area (Å²) >= 11 is 5.84. The third kappa shape index (κ3) is 2.94. The van der Waals surface area contributed by atoms with Gasteiger partial charge in [0.25, 0.3) is 0 Å². The normalized spacial score (nSPS) is 11.0. The van der Waals surface area contributed by atoms with Crippen LogP contribution >= 0.6 is 11.6 Å². The maximum absolute atomic E-state index is 12.4. The fraction of sp³-hybridized carbons (Fsp3) is 0.238. The summed E-state index contributed by atoms with van der Waals surface area (Å²) in [6.07, 6.45) is 0. The molecular weight excluding hydrogens is 332 g/mol. The Morgan fingerprint density at radius 1 is 1.20 bits per heavy atom. The summed E-state index contributed by atoms with van der Waals surface area (Å²) in [6, 6.07) is 15.7. The minimum atomic E-state index is -0.0751. The third-order valence-electron chi connectivity index (χ3n) is 4.55. The maximum Gasteiger partial charge on any atom is 0.180 e. The summed E-state index contributed by atoms with van der Waals surface area (Å²) in [5.74, 6) is 0.272. The number of hydrogen-bond acceptors (Lipinski definition) is 2. The first kappa shape index (κ1) is 17.3. The zero-order chi connectivity index (χ0) is 18.1. The van der Waals surface area contributed by atoms with Gasteiger partial charge < -0.3 is 4.57 Å². The number of Topliss-reactive ketones (excluding diaryl/α,β-unsaturated/α-hetero) is 1. The number of aromatic nitrogens is 1. The zero-order valence-electron chi connectivity index (χ0n) is 14.5. The number of carbonyl (C=O) groups excluding carboxylic acids is 1. The summed E-state index contributed by atoms with van der Waals surface area (Å²) in [5.41, 5.74) is 5.27. The van der Waals surface area contributed by atoms with E-state index in [1.165, 1.54) is 5.56 Å². The van der Waals surface area contributed by atoms with E-state index in [0.717, 1.165) is 22.3 Å². The van der Waals surface area contributed by atoms with Crippen molar-refractivity contribution in [3.8, 4) is 11.8 Å². The van der Waals surface area contributed by atoms with Crippen LogP contribution in [0, 0.1) is 18.3 Å². The highest BCUT2D eigenvalue weighted by Crippen LogP contribution is 2.32. The Morgan fingerprint density at radius 2 is 1.88 bits per heavy atom. The number of benzene rings is 2. The van der Waals surface area contributed by atoms with Gasteiger partial charge in [-0.3, -0.25) is 4.79 Å². The van der Waals surface area contributed by atoms with Gasteiger partial charge in [0.05, 0.1) is 23.0 Å². The first-order chi connectivity index (χ1) is 12.0. The van der Waals surface area contributed by atoms with Gasteiger partial charge in [0.2, 0.25) is 0 Å². The summed E-state index contributed by atoms with van der Waals surface area (Å²) in [7, 11) is 0. The van der Waals surface area contributed by atoms with Gasteiger partial charge in [-0.15, -0.1) is 11.6 Å². The molecule has 3 nitrogen and oxygen atoms in total. The fourth-order valence-electron chi connectivity index (χ4n) is 3.23. The number of nitrogens with zero attached hydrogens (tertiary/aromatic N) is 2. The molecule has 2 aromatic carbocycles. The van der Waals surface area contributed by atoms with Gasteiger partial charge in [-0.05, 0) is 48.7 Å². The van der Waals surface area contributed by atoms with Crippen LogP contribution in [-0.2, 0) is 0 Å². The second-order valence-electron chi connectivity index (χ2n) is 6.44. The average Bonchev–Trinajstić information content (AvgIpc) is 2.92. The molecular formula is C21H19ClN2O. The Labute approximate surface area is 152 Å². The predicted octanol–water partition coefficient (Wildman–Crippen LogP) is 5.36.